The van der Waals surface area contributed by atoms with Crippen molar-refractivity contribution in [1.29, 1.82) is 0 Å². The summed E-state index contributed by atoms with van der Waals surface area (Å²) in [5.41, 5.74) is 13.6. The third kappa shape index (κ3) is 6.55. The summed E-state index contributed by atoms with van der Waals surface area (Å²) < 4.78 is 1.45. The van der Waals surface area contributed by atoms with Gasteiger partial charge in [-0.05, 0) is 0 Å². The minimum absolute atomic E-state index is 0. The average Bonchev–Trinajstić information content (AvgIpc) is 3.64. The molecule has 0 fully saturated rings. The molecule has 0 saturated heterocycles. The van der Waals surface area contributed by atoms with Crippen molar-refractivity contribution in [2.24, 2.45) is 0 Å². The summed E-state index contributed by atoms with van der Waals surface area (Å²) in [5, 5.41) is 5.41. The van der Waals surface area contributed by atoms with Gasteiger partial charge in [-0.2, -0.15) is 0 Å². The van der Waals surface area contributed by atoms with Gasteiger partial charge in [-0.3, -0.25) is 0 Å². The van der Waals surface area contributed by atoms with Crippen LogP contribution in [0.15, 0.2) is 127 Å². The quantitative estimate of drug-likeness (QED) is 0.264. The zero-order valence-corrected chi connectivity index (χ0v) is 32.6. The van der Waals surface area contributed by atoms with Crippen LogP contribution in [0.3, 0.4) is 0 Å². The van der Waals surface area contributed by atoms with Gasteiger partial charge in [0.1, 0.15) is 0 Å². The monoisotopic (exact) mass is 741 g/mol. The summed E-state index contributed by atoms with van der Waals surface area (Å²) in [6, 6.07) is 43.1. The number of hydrogen-bond donors (Lipinski definition) is 0. The molecule has 3 heteroatoms. The van der Waals surface area contributed by atoms with E-state index in [0.29, 0.717) is 0 Å². The van der Waals surface area contributed by atoms with Gasteiger partial charge in [-0.15, -0.1) is 0 Å². The van der Waals surface area contributed by atoms with Crippen LogP contribution in [-0.4, -0.2) is 0 Å². The third-order valence-electron chi connectivity index (χ3n) is 9.55. The smallest absolute Gasteiger partial charge is 1.00 e. The summed E-state index contributed by atoms with van der Waals surface area (Å²) in [6.07, 6.45) is 5.69. The van der Waals surface area contributed by atoms with Crippen molar-refractivity contribution in [2.75, 3.05) is 0 Å². The fourth-order valence-corrected chi connectivity index (χ4v) is 8.20. The van der Waals surface area contributed by atoms with Crippen LogP contribution < -0.4 is 35.3 Å². The SMILES string of the molecule is CC(C)(C)c1cc(C2=C(c3c4c(ccc3=C(c3ccccc3)c3ccccc3)=c3ccccc3=[C]4[Zr+2])CC=C2)cc(C(C)(C)C)c1.[Cl-].[Cl-]. The first kappa shape index (κ1) is 36.1. The first-order valence-electron chi connectivity index (χ1n) is 16.4. The van der Waals surface area contributed by atoms with Gasteiger partial charge < -0.3 is 24.8 Å². The molecule has 5 aromatic rings. The van der Waals surface area contributed by atoms with Gasteiger partial charge in [0, 0.05) is 0 Å². The Morgan fingerprint density at radius 3 is 1.62 bits per heavy atom. The molecule has 7 rings (SSSR count). The molecule has 0 heterocycles. The van der Waals surface area contributed by atoms with Crippen LogP contribution in [0.5, 0.6) is 0 Å². The van der Waals surface area contributed by atoms with Crippen molar-refractivity contribution in [3.05, 3.63) is 187 Å². The number of allylic oxidation sites excluding steroid dienone is 4. The van der Waals surface area contributed by atoms with Crippen molar-refractivity contribution in [3.8, 4) is 0 Å². The Kier molecular flexibility index (Phi) is 10.5. The molecule has 0 amide bonds. The topological polar surface area (TPSA) is 0 Å². The van der Waals surface area contributed by atoms with Crippen molar-refractivity contribution >= 4 is 20.0 Å². The fraction of sp³-hybridized carbons (Fsp3) is 0.200. The van der Waals surface area contributed by atoms with Gasteiger partial charge in [0.2, 0.25) is 0 Å². The standard InChI is InChI=1S/C45H41.2ClH.Zr/c1-44(2,3)34-26-33(27-35(29-34)45(4,5)6)37-22-15-23-39(37)43-40(25-24-38-36-21-14-13-20-32(36)28-41(38)43)42(30-16-9-7-10-17-30)31-18-11-8-12-19-31;;;/h7-22,24-27,29H,23H2,1-6H3;2*1H;/q;;;+2/p-2. The predicted octanol–water partition coefficient (Wildman–Crippen LogP) is 3.71. The summed E-state index contributed by atoms with van der Waals surface area (Å²) in [4.78, 5) is 0. The van der Waals surface area contributed by atoms with Crippen LogP contribution in [0.1, 0.15) is 86.9 Å². The summed E-state index contributed by atoms with van der Waals surface area (Å²) in [7, 11) is 0. The molecule has 0 unspecified atom stereocenters. The van der Waals surface area contributed by atoms with E-state index < -0.39 is 0 Å². The maximum absolute atomic E-state index is 2.46. The van der Waals surface area contributed by atoms with E-state index in [9.17, 15) is 0 Å². The molecular weight excluding hydrogens is 703 g/mol. The van der Waals surface area contributed by atoms with Gasteiger partial charge >= 0.3 is 291 Å². The first-order valence-corrected chi connectivity index (χ1v) is 17.7. The minimum atomic E-state index is 0. The van der Waals surface area contributed by atoms with Crippen molar-refractivity contribution < 1.29 is 49.5 Å². The third-order valence-corrected chi connectivity index (χ3v) is 10.8. The van der Waals surface area contributed by atoms with E-state index in [1.807, 2.05) is 0 Å². The van der Waals surface area contributed by atoms with Gasteiger partial charge in [0.25, 0.3) is 0 Å². The molecule has 0 nitrogen and oxygen atoms in total. The largest absolute Gasteiger partial charge is 1.00 e. The van der Waals surface area contributed by atoms with E-state index >= 15 is 0 Å². The Bertz CT molecular complexity index is 2210. The van der Waals surface area contributed by atoms with Crippen molar-refractivity contribution in [3.63, 3.8) is 0 Å². The van der Waals surface area contributed by atoms with Crippen molar-refractivity contribution in [2.45, 2.75) is 58.8 Å². The van der Waals surface area contributed by atoms with Crippen LogP contribution >= 0.6 is 0 Å². The summed E-state index contributed by atoms with van der Waals surface area (Å²) >= 11 is 1.45. The van der Waals surface area contributed by atoms with Crippen LogP contribution in [0, 0.1) is 10.4 Å². The normalized spacial score (nSPS) is 13.5. The van der Waals surface area contributed by atoms with Crippen molar-refractivity contribution in [1.82, 2.24) is 0 Å². The average molecular weight is 744 g/mol. The molecule has 0 saturated carbocycles. The zero-order valence-electron chi connectivity index (χ0n) is 28.6. The minimum Gasteiger partial charge on any atom is -1.00 e. The first-order chi connectivity index (χ1) is 22.0. The van der Waals surface area contributed by atoms with E-state index in [1.165, 1.54) is 105 Å². The Hall–Kier alpha value is -3.22. The molecule has 239 valence electrons. The molecule has 0 bridgehead atoms. The number of benzene rings is 5. The molecule has 0 aromatic heterocycles. The fourth-order valence-electron chi connectivity index (χ4n) is 7.03. The second kappa shape index (κ2) is 14.0. The Labute approximate surface area is 313 Å². The molecule has 0 N–H and O–H groups in total. The number of fused-ring (bicyclic) bond motifs is 2. The molecule has 48 heavy (non-hydrogen) atoms. The van der Waals surface area contributed by atoms with E-state index in [4.69, 9.17) is 0 Å². The molecule has 0 aliphatic heterocycles. The number of hydrogen-bond acceptors (Lipinski definition) is 0. The van der Waals surface area contributed by atoms with E-state index in [0.717, 1.165) is 6.42 Å². The van der Waals surface area contributed by atoms with Gasteiger partial charge in [-0.1, -0.05) is 0 Å². The molecule has 2 aliphatic rings. The summed E-state index contributed by atoms with van der Waals surface area (Å²) in [6.45, 7) is 14.0. The molecular formula is C45H41Cl2Zr. The Morgan fingerprint density at radius 2 is 1.08 bits per heavy atom. The van der Waals surface area contributed by atoms with Gasteiger partial charge in [-0.25, -0.2) is 0 Å². The summed E-state index contributed by atoms with van der Waals surface area (Å²) in [5.74, 6) is 0. The van der Waals surface area contributed by atoms with Crippen LogP contribution in [0.4, 0.5) is 0 Å². The van der Waals surface area contributed by atoms with Crippen LogP contribution in [0.2, 0.25) is 0 Å². The Balaban J connectivity index is 0.00000225. The van der Waals surface area contributed by atoms with E-state index in [-0.39, 0.29) is 35.6 Å². The molecule has 0 atom stereocenters. The molecule has 0 spiro atoms. The maximum atomic E-state index is 2.46. The second-order valence-corrected chi connectivity index (χ2v) is 16.0. The van der Waals surface area contributed by atoms with E-state index in [1.54, 1.807) is 0 Å². The van der Waals surface area contributed by atoms with Crippen LogP contribution in [-0.2, 0) is 35.5 Å². The number of halogens is 2. The molecule has 5 aromatic carbocycles. The second-order valence-electron chi connectivity index (χ2n) is 14.7. The zero-order chi connectivity index (χ0) is 32.2. The molecule has 0 radical (unpaired) electrons. The Morgan fingerprint density at radius 1 is 0.562 bits per heavy atom. The predicted molar refractivity (Wildman–Crippen MR) is 191 cm³/mol. The maximum Gasteiger partial charge on any atom is -1.00 e. The van der Waals surface area contributed by atoms with Gasteiger partial charge in [0.05, 0.1) is 0 Å². The molecule has 2 aliphatic carbocycles. The van der Waals surface area contributed by atoms with Gasteiger partial charge in [0.15, 0.2) is 0 Å². The van der Waals surface area contributed by atoms with E-state index in [2.05, 4.69) is 169 Å². The van der Waals surface area contributed by atoms with Crippen LogP contribution in [0.25, 0.3) is 20.0 Å². The number of rotatable bonds is 4.